The second kappa shape index (κ2) is 9.65. The Morgan fingerprint density at radius 2 is 1.95 bits per heavy atom. The molecule has 0 aliphatic carbocycles. The third-order valence-electron chi connectivity index (χ3n) is 3.73. The Hall–Kier alpha value is -1.22. The number of rotatable bonds is 10. The summed E-state index contributed by atoms with van der Waals surface area (Å²) in [6.07, 6.45) is 4.80. The van der Waals surface area contributed by atoms with Crippen LogP contribution < -0.4 is 10.5 Å². The lowest BCUT2D eigenvalue weighted by Gasteiger charge is -2.28. The van der Waals surface area contributed by atoms with Crippen molar-refractivity contribution in [2.75, 3.05) is 25.4 Å². The molecule has 20 heavy (non-hydrogen) atoms. The van der Waals surface area contributed by atoms with Crippen LogP contribution in [0.25, 0.3) is 0 Å². The van der Waals surface area contributed by atoms with E-state index in [0.717, 1.165) is 31.0 Å². The summed E-state index contributed by atoms with van der Waals surface area (Å²) in [5, 5.41) is 0. The lowest BCUT2D eigenvalue weighted by atomic mass is 10.2. The fourth-order valence-corrected chi connectivity index (χ4v) is 2.23. The normalized spacial score (nSPS) is 12.6. The summed E-state index contributed by atoms with van der Waals surface area (Å²) < 4.78 is 5.75. The smallest absolute Gasteiger partial charge is 0.121 e. The number of hydrogen-bond acceptors (Lipinski definition) is 3. The van der Waals surface area contributed by atoms with E-state index in [1.54, 1.807) is 0 Å². The van der Waals surface area contributed by atoms with Crippen molar-refractivity contribution >= 4 is 5.69 Å². The number of benzene rings is 1. The molecule has 1 rings (SSSR count). The van der Waals surface area contributed by atoms with Crippen LogP contribution in [0.2, 0.25) is 0 Å². The van der Waals surface area contributed by atoms with Crippen molar-refractivity contribution in [1.29, 1.82) is 0 Å². The van der Waals surface area contributed by atoms with Gasteiger partial charge in [-0.1, -0.05) is 26.3 Å². The largest absolute Gasteiger partial charge is 0.493 e. The molecule has 0 aliphatic rings. The zero-order chi connectivity index (χ0) is 14.8. The van der Waals surface area contributed by atoms with Crippen LogP contribution in [0, 0.1) is 0 Å². The highest BCUT2D eigenvalue weighted by atomic mass is 16.5. The van der Waals surface area contributed by atoms with Crippen LogP contribution in [-0.4, -0.2) is 30.6 Å². The fraction of sp³-hybridized carbons (Fsp3) is 0.647. The van der Waals surface area contributed by atoms with E-state index in [-0.39, 0.29) is 0 Å². The third kappa shape index (κ3) is 6.29. The summed E-state index contributed by atoms with van der Waals surface area (Å²) in [6.45, 7) is 9.88. The molecule has 1 atom stereocenters. The van der Waals surface area contributed by atoms with Crippen LogP contribution in [0.1, 0.15) is 46.5 Å². The van der Waals surface area contributed by atoms with Gasteiger partial charge in [-0.25, -0.2) is 0 Å². The molecule has 1 unspecified atom stereocenters. The minimum absolute atomic E-state index is 0.661. The monoisotopic (exact) mass is 278 g/mol. The lowest BCUT2D eigenvalue weighted by Crippen LogP contribution is -2.35. The van der Waals surface area contributed by atoms with Crippen molar-refractivity contribution in [3.05, 3.63) is 24.3 Å². The van der Waals surface area contributed by atoms with E-state index >= 15 is 0 Å². The van der Waals surface area contributed by atoms with Gasteiger partial charge in [0.25, 0.3) is 0 Å². The van der Waals surface area contributed by atoms with Gasteiger partial charge in [0.15, 0.2) is 0 Å². The van der Waals surface area contributed by atoms with Crippen molar-refractivity contribution < 1.29 is 4.74 Å². The summed E-state index contributed by atoms with van der Waals surface area (Å²) >= 11 is 0. The summed E-state index contributed by atoms with van der Waals surface area (Å²) in [7, 11) is 0. The molecule has 1 aromatic carbocycles. The van der Waals surface area contributed by atoms with Gasteiger partial charge in [0.2, 0.25) is 0 Å². The van der Waals surface area contributed by atoms with E-state index in [0.29, 0.717) is 6.04 Å². The van der Waals surface area contributed by atoms with E-state index in [1.807, 2.05) is 24.3 Å². The van der Waals surface area contributed by atoms with Gasteiger partial charge in [-0.3, -0.25) is 0 Å². The number of nitrogen functional groups attached to an aromatic ring is 1. The molecule has 0 saturated heterocycles. The molecule has 0 amide bonds. The Morgan fingerprint density at radius 1 is 1.20 bits per heavy atom. The quantitative estimate of drug-likeness (QED) is 0.520. The molecule has 3 nitrogen and oxygen atoms in total. The van der Waals surface area contributed by atoms with Crippen LogP contribution in [0.5, 0.6) is 5.75 Å². The third-order valence-corrected chi connectivity index (χ3v) is 3.73. The highest BCUT2D eigenvalue weighted by molar-refractivity contribution is 5.43. The van der Waals surface area contributed by atoms with Gasteiger partial charge in [-0.05, 0) is 44.9 Å². The molecule has 3 heteroatoms. The second-order valence-electron chi connectivity index (χ2n) is 5.42. The number of hydrogen-bond donors (Lipinski definition) is 1. The van der Waals surface area contributed by atoms with Gasteiger partial charge in [0.05, 0.1) is 6.61 Å². The van der Waals surface area contributed by atoms with Crippen molar-refractivity contribution in [3.63, 3.8) is 0 Å². The van der Waals surface area contributed by atoms with Crippen LogP contribution in [0.3, 0.4) is 0 Å². The Balaban J connectivity index is 2.29. The minimum atomic E-state index is 0.661. The zero-order valence-electron chi connectivity index (χ0n) is 13.3. The van der Waals surface area contributed by atoms with Gasteiger partial charge in [-0.2, -0.15) is 0 Å². The highest BCUT2D eigenvalue weighted by Gasteiger charge is 2.10. The van der Waals surface area contributed by atoms with E-state index in [2.05, 4.69) is 25.7 Å². The summed E-state index contributed by atoms with van der Waals surface area (Å²) in [6, 6.07) is 8.30. The number of unbranched alkanes of at least 4 members (excludes halogenated alkanes) is 1. The average molecular weight is 278 g/mol. The molecule has 0 radical (unpaired) electrons. The Morgan fingerprint density at radius 3 is 2.60 bits per heavy atom. The SMILES string of the molecule is CCCCN(CCCOc1cccc(N)c1)C(C)CC. The summed E-state index contributed by atoms with van der Waals surface area (Å²) in [4.78, 5) is 2.58. The van der Waals surface area contributed by atoms with Crippen molar-refractivity contribution in [2.24, 2.45) is 0 Å². The predicted octanol–water partition coefficient (Wildman–Crippen LogP) is 3.94. The first-order valence-electron chi connectivity index (χ1n) is 7.89. The number of anilines is 1. The van der Waals surface area contributed by atoms with Gasteiger partial charge in [0, 0.05) is 24.3 Å². The van der Waals surface area contributed by atoms with E-state index in [1.165, 1.54) is 25.8 Å². The van der Waals surface area contributed by atoms with E-state index in [4.69, 9.17) is 10.5 Å². The molecule has 0 spiro atoms. The van der Waals surface area contributed by atoms with Crippen molar-refractivity contribution in [1.82, 2.24) is 4.90 Å². The fourth-order valence-electron chi connectivity index (χ4n) is 2.23. The van der Waals surface area contributed by atoms with Crippen LogP contribution in [0.4, 0.5) is 5.69 Å². The average Bonchev–Trinajstić information content (AvgIpc) is 2.46. The number of ether oxygens (including phenoxy) is 1. The molecule has 0 aromatic heterocycles. The summed E-state index contributed by atoms with van der Waals surface area (Å²) in [5.74, 6) is 0.869. The molecule has 0 heterocycles. The van der Waals surface area contributed by atoms with Crippen molar-refractivity contribution in [2.45, 2.75) is 52.5 Å². The first-order chi connectivity index (χ1) is 9.67. The minimum Gasteiger partial charge on any atom is -0.493 e. The first kappa shape index (κ1) is 16.8. The van der Waals surface area contributed by atoms with Crippen LogP contribution in [0.15, 0.2) is 24.3 Å². The molecule has 0 bridgehead atoms. The van der Waals surface area contributed by atoms with Crippen LogP contribution >= 0.6 is 0 Å². The lowest BCUT2D eigenvalue weighted by molar-refractivity contribution is 0.182. The van der Waals surface area contributed by atoms with Crippen LogP contribution in [-0.2, 0) is 0 Å². The zero-order valence-corrected chi connectivity index (χ0v) is 13.3. The molecule has 2 N–H and O–H groups in total. The van der Waals surface area contributed by atoms with Gasteiger partial charge >= 0.3 is 0 Å². The maximum atomic E-state index is 5.75. The number of nitrogens with two attached hydrogens (primary N) is 1. The van der Waals surface area contributed by atoms with Gasteiger partial charge < -0.3 is 15.4 Å². The van der Waals surface area contributed by atoms with Gasteiger partial charge in [-0.15, -0.1) is 0 Å². The Kier molecular flexibility index (Phi) is 8.12. The molecule has 0 saturated carbocycles. The maximum absolute atomic E-state index is 5.75. The molecular formula is C17H30N2O. The van der Waals surface area contributed by atoms with Gasteiger partial charge in [0.1, 0.15) is 5.75 Å². The van der Waals surface area contributed by atoms with E-state index in [9.17, 15) is 0 Å². The Labute approximate surface area is 124 Å². The van der Waals surface area contributed by atoms with Crippen molar-refractivity contribution in [3.8, 4) is 5.75 Å². The highest BCUT2D eigenvalue weighted by Crippen LogP contribution is 2.15. The molecule has 114 valence electrons. The first-order valence-corrected chi connectivity index (χ1v) is 7.89. The Bertz CT molecular complexity index is 368. The standard InChI is InChI=1S/C17H30N2O/c1-4-6-11-19(15(3)5-2)12-8-13-20-17-10-7-9-16(18)14-17/h7,9-10,14-15H,4-6,8,11-13,18H2,1-3H3. The van der Waals surface area contributed by atoms with E-state index < -0.39 is 0 Å². The maximum Gasteiger partial charge on any atom is 0.121 e. The topological polar surface area (TPSA) is 38.5 Å². The molecule has 0 aliphatic heterocycles. The second-order valence-corrected chi connectivity index (χ2v) is 5.42. The number of nitrogens with zero attached hydrogens (tertiary/aromatic N) is 1. The predicted molar refractivity (Wildman–Crippen MR) is 87.2 cm³/mol. The molecule has 0 fully saturated rings. The molecule has 1 aromatic rings. The molecular weight excluding hydrogens is 248 g/mol. The summed E-state index contributed by atoms with van der Waals surface area (Å²) in [5.41, 5.74) is 6.49.